The number of nitrogens with one attached hydrogen (secondary N) is 1. The van der Waals surface area contributed by atoms with E-state index in [1.807, 2.05) is 36.4 Å². The Hall–Kier alpha value is -2.53. The summed E-state index contributed by atoms with van der Waals surface area (Å²) in [6.07, 6.45) is 0. The minimum absolute atomic E-state index is 0.699. The standard InChI is InChI=1S/C16H12N2/c1-11-16(12-7-3-5-9-14(12)17-2)13-8-4-6-10-15(13)18-11/h3-10,18H,1H3. The minimum Gasteiger partial charge on any atom is -0.358 e. The molecular weight excluding hydrogens is 220 g/mol. The van der Waals surface area contributed by atoms with Gasteiger partial charge >= 0.3 is 0 Å². The Bertz CT molecular complexity index is 760. The Kier molecular flexibility index (Phi) is 2.39. The van der Waals surface area contributed by atoms with E-state index in [2.05, 4.69) is 28.9 Å². The Morgan fingerprint density at radius 3 is 2.56 bits per heavy atom. The number of rotatable bonds is 1. The van der Waals surface area contributed by atoms with Crippen molar-refractivity contribution >= 4 is 16.6 Å². The molecule has 0 spiro atoms. The Morgan fingerprint density at radius 1 is 1.00 bits per heavy atom. The summed E-state index contributed by atoms with van der Waals surface area (Å²) in [5.74, 6) is 0. The van der Waals surface area contributed by atoms with Crippen molar-refractivity contribution in [1.82, 2.24) is 4.98 Å². The van der Waals surface area contributed by atoms with Gasteiger partial charge in [0, 0.05) is 16.6 Å². The zero-order valence-corrected chi connectivity index (χ0v) is 10.1. The van der Waals surface area contributed by atoms with E-state index in [-0.39, 0.29) is 0 Å². The van der Waals surface area contributed by atoms with Gasteiger partial charge in [-0.1, -0.05) is 42.5 Å². The molecule has 0 unspecified atom stereocenters. The summed E-state index contributed by atoms with van der Waals surface area (Å²) in [6.45, 7) is 9.33. The maximum atomic E-state index is 7.28. The molecule has 86 valence electrons. The number of benzene rings is 2. The summed E-state index contributed by atoms with van der Waals surface area (Å²) < 4.78 is 0. The Labute approximate surface area is 106 Å². The highest BCUT2D eigenvalue weighted by atomic mass is 14.7. The number of nitrogens with zero attached hydrogens (tertiary/aromatic N) is 1. The summed E-state index contributed by atoms with van der Waals surface area (Å²) in [5.41, 5.74) is 5.06. The van der Waals surface area contributed by atoms with E-state index in [1.165, 1.54) is 5.39 Å². The molecule has 0 aliphatic carbocycles. The lowest BCUT2D eigenvalue weighted by molar-refractivity contribution is 1.30. The molecule has 0 bridgehead atoms. The number of hydrogen-bond donors (Lipinski definition) is 1. The van der Waals surface area contributed by atoms with Crippen molar-refractivity contribution in [2.24, 2.45) is 0 Å². The van der Waals surface area contributed by atoms with Gasteiger partial charge in [-0.2, -0.15) is 0 Å². The van der Waals surface area contributed by atoms with Crippen LogP contribution in [0.15, 0.2) is 48.5 Å². The average molecular weight is 232 g/mol. The molecular formula is C16H12N2. The summed E-state index contributed by atoms with van der Waals surface area (Å²) in [5, 5.41) is 1.17. The largest absolute Gasteiger partial charge is 0.358 e. The van der Waals surface area contributed by atoms with E-state index < -0.39 is 0 Å². The van der Waals surface area contributed by atoms with Crippen LogP contribution in [0.3, 0.4) is 0 Å². The molecule has 2 aromatic carbocycles. The second kappa shape index (κ2) is 4.05. The molecule has 2 heteroatoms. The maximum absolute atomic E-state index is 7.28. The molecule has 2 nitrogen and oxygen atoms in total. The Morgan fingerprint density at radius 2 is 1.72 bits per heavy atom. The number of fused-ring (bicyclic) bond motifs is 1. The summed E-state index contributed by atoms with van der Waals surface area (Å²) in [6, 6.07) is 16.0. The lowest BCUT2D eigenvalue weighted by Crippen LogP contribution is -1.79. The third kappa shape index (κ3) is 1.49. The van der Waals surface area contributed by atoms with Gasteiger partial charge in [-0.25, -0.2) is 4.85 Å². The lowest BCUT2D eigenvalue weighted by Gasteiger charge is -2.04. The summed E-state index contributed by atoms with van der Waals surface area (Å²) >= 11 is 0. The van der Waals surface area contributed by atoms with Gasteiger partial charge in [0.25, 0.3) is 0 Å². The number of aryl methyl sites for hydroxylation is 1. The van der Waals surface area contributed by atoms with Crippen LogP contribution in [0.2, 0.25) is 0 Å². The van der Waals surface area contributed by atoms with Gasteiger partial charge in [0.05, 0.1) is 6.57 Å². The van der Waals surface area contributed by atoms with Crippen LogP contribution in [0.5, 0.6) is 0 Å². The minimum atomic E-state index is 0.699. The maximum Gasteiger partial charge on any atom is 0.194 e. The molecule has 0 aliphatic rings. The van der Waals surface area contributed by atoms with Crippen molar-refractivity contribution in [3.8, 4) is 11.1 Å². The van der Waals surface area contributed by atoms with Crippen LogP contribution in [0, 0.1) is 13.5 Å². The predicted molar refractivity (Wildman–Crippen MR) is 74.7 cm³/mol. The van der Waals surface area contributed by atoms with E-state index in [0.29, 0.717) is 5.69 Å². The van der Waals surface area contributed by atoms with Crippen molar-refractivity contribution in [2.75, 3.05) is 0 Å². The summed E-state index contributed by atoms with van der Waals surface area (Å²) in [4.78, 5) is 6.98. The highest BCUT2D eigenvalue weighted by Gasteiger charge is 2.12. The third-order valence-corrected chi connectivity index (χ3v) is 3.19. The fraction of sp³-hybridized carbons (Fsp3) is 0.0625. The molecule has 3 rings (SSSR count). The van der Waals surface area contributed by atoms with Gasteiger partial charge in [-0.3, -0.25) is 0 Å². The second-order valence-corrected chi connectivity index (χ2v) is 4.30. The molecule has 0 saturated carbocycles. The zero-order chi connectivity index (χ0) is 12.5. The normalized spacial score (nSPS) is 10.4. The van der Waals surface area contributed by atoms with Gasteiger partial charge in [0.15, 0.2) is 5.69 Å². The predicted octanol–water partition coefficient (Wildman–Crippen LogP) is 4.69. The van der Waals surface area contributed by atoms with E-state index in [4.69, 9.17) is 6.57 Å². The van der Waals surface area contributed by atoms with Gasteiger partial charge in [-0.15, -0.1) is 0 Å². The van der Waals surface area contributed by atoms with Crippen LogP contribution >= 0.6 is 0 Å². The average Bonchev–Trinajstić information content (AvgIpc) is 2.74. The highest BCUT2D eigenvalue weighted by molar-refractivity contribution is 6.00. The molecule has 0 fully saturated rings. The van der Waals surface area contributed by atoms with Crippen LogP contribution in [0.4, 0.5) is 5.69 Å². The smallest absolute Gasteiger partial charge is 0.194 e. The number of para-hydroxylation sites is 2. The SMILES string of the molecule is [C-]#[N+]c1ccccc1-c1c(C)[nH]c2ccccc12. The van der Waals surface area contributed by atoms with Gasteiger partial charge in [-0.05, 0) is 24.1 Å². The van der Waals surface area contributed by atoms with Gasteiger partial charge < -0.3 is 4.98 Å². The number of hydrogen-bond acceptors (Lipinski definition) is 0. The fourth-order valence-electron chi connectivity index (χ4n) is 2.41. The number of aromatic nitrogens is 1. The third-order valence-electron chi connectivity index (χ3n) is 3.19. The Balaban J connectivity index is 2.39. The van der Waals surface area contributed by atoms with E-state index in [1.54, 1.807) is 0 Å². The van der Waals surface area contributed by atoms with Crippen molar-refractivity contribution in [3.63, 3.8) is 0 Å². The molecule has 18 heavy (non-hydrogen) atoms. The first-order valence-corrected chi connectivity index (χ1v) is 5.85. The second-order valence-electron chi connectivity index (χ2n) is 4.30. The van der Waals surface area contributed by atoms with Crippen molar-refractivity contribution < 1.29 is 0 Å². The molecule has 0 radical (unpaired) electrons. The van der Waals surface area contributed by atoms with E-state index in [0.717, 1.165) is 22.3 Å². The molecule has 0 amide bonds. The van der Waals surface area contributed by atoms with E-state index >= 15 is 0 Å². The molecule has 0 saturated heterocycles. The first kappa shape index (κ1) is 10.6. The van der Waals surface area contributed by atoms with Crippen LogP contribution in [-0.2, 0) is 0 Å². The topological polar surface area (TPSA) is 20.1 Å². The number of H-pyrrole nitrogens is 1. The van der Waals surface area contributed by atoms with Crippen molar-refractivity contribution in [2.45, 2.75) is 6.92 Å². The van der Waals surface area contributed by atoms with Gasteiger partial charge in [0.1, 0.15) is 0 Å². The van der Waals surface area contributed by atoms with Crippen molar-refractivity contribution in [3.05, 3.63) is 65.6 Å². The van der Waals surface area contributed by atoms with Gasteiger partial charge in [0.2, 0.25) is 0 Å². The lowest BCUT2D eigenvalue weighted by atomic mass is 10.0. The quantitative estimate of drug-likeness (QED) is 0.587. The zero-order valence-electron chi connectivity index (χ0n) is 10.1. The molecule has 0 atom stereocenters. The monoisotopic (exact) mass is 232 g/mol. The molecule has 1 heterocycles. The van der Waals surface area contributed by atoms with Crippen LogP contribution in [0.1, 0.15) is 5.69 Å². The molecule has 1 aromatic heterocycles. The first-order valence-electron chi connectivity index (χ1n) is 5.85. The van der Waals surface area contributed by atoms with Crippen LogP contribution in [-0.4, -0.2) is 4.98 Å². The van der Waals surface area contributed by atoms with E-state index in [9.17, 15) is 0 Å². The molecule has 3 aromatic rings. The fourth-order valence-corrected chi connectivity index (χ4v) is 2.41. The summed E-state index contributed by atoms with van der Waals surface area (Å²) in [7, 11) is 0. The number of aromatic amines is 1. The highest BCUT2D eigenvalue weighted by Crippen LogP contribution is 2.37. The first-order chi connectivity index (χ1) is 8.81. The molecule has 1 N–H and O–H groups in total. The molecule has 0 aliphatic heterocycles. The van der Waals surface area contributed by atoms with Crippen molar-refractivity contribution in [1.29, 1.82) is 0 Å². The van der Waals surface area contributed by atoms with Crippen LogP contribution in [0.25, 0.3) is 26.9 Å². The van der Waals surface area contributed by atoms with Crippen LogP contribution < -0.4 is 0 Å².